The number of aromatic nitrogens is 7. The Kier molecular flexibility index (Phi) is 11.4. The summed E-state index contributed by atoms with van der Waals surface area (Å²) in [4.78, 5) is 57.8. The Hall–Kier alpha value is -10.3. The molecule has 75 heavy (non-hydrogen) atoms. The van der Waals surface area contributed by atoms with Gasteiger partial charge in [0.2, 0.25) is 0 Å². The van der Waals surface area contributed by atoms with Gasteiger partial charge in [-0.3, -0.25) is 19.6 Å². The first-order chi connectivity index (χ1) is 37.0. The molecule has 1 aliphatic carbocycles. The molecule has 4 aromatic carbocycles. The average molecular weight is 966 g/mol. The molecule has 354 valence electrons. The molecule has 0 saturated heterocycles. The van der Waals surface area contributed by atoms with Gasteiger partial charge in [-0.15, -0.1) is 0 Å². The number of allylic oxidation sites excluding steroid dienone is 4. The SMILES string of the molecule is O=C1C=CC(=O)C(Cc2ccc(-c3c4nc(c(-c5ccccc5)c5ccc([nH]5)c(-c5ccc(-c6cc(-c7ccccn7)nc(-c7ccccn7)c6)cc5)c5nc(c(-c6ccccc6)c6ccc3[nH]6)C=C5)C=C4)cc2)=C1. The molecule has 2 N–H and O–H groups in total. The van der Waals surface area contributed by atoms with Crippen molar-refractivity contribution < 1.29 is 9.59 Å². The molecule has 3 aliphatic rings. The first kappa shape index (κ1) is 44.7. The Balaban J connectivity index is 1.02. The van der Waals surface area contributed by atoms with Crippen molar-refractivity contribution in [3.05, 3.63) is 247 Å². The minimum atomic E-state index is -0.177. The fourth-order valence-electron chi connectivity index (χ4n) is 10.2. The van der Waals surface area contributed by atoms with Crippen LogP contribution in [0.2, 0.25) is 0 Å². The van der Waals surface area contributed by atoms with Crippen molar-refractivity contribution in [3.8, 4) is 78.4 Å². The van der Waals surface area contributed by atoms with Crippen molar-refractivity contribution in [2.75, 3.05) is 0 Å². The highest BCUT2D eigenvalue weighted by atomic mass is 16.1. The fourth-order valence-corrected chi connectivity index (χ4v) is 10.2. The summed E-state index contributed by atoms with van der Waals surface area (Å²) < 4.78 is 0. The minimum Gasteiger partial charge on any atom is -0.354 e. The zero-order chi connectivity index (χ0) is 50.2. The third-order valence-electron chi connectivity index (χ3n) is 13.7. The molecule has 8 bridgehead atoms. The number of nitrogens with one attached hydrogen (secondary N) is 2. The molecule has 0 amide bonds. The summed E-state index contributed by atoms with van der Waals surface area (Å²) in [5, 5.41) is 0. The number of carbonyl (C=O) groups is 2. The largest absolute Gasteiger partial charge is 0.354 e. The molecule has 9 heteroatoms. The average Bonchev–Trinajstić information content (AvgIpc) is 4.33. The van der Waals surface area contributed by atoms with E-state index < -0.39 is 0 Å². The quantitative estimate of drug-likeness (QED) is 0.138. The van der Waals surface area contributed by atoms with Crippen LogP contribution < -0.4 is 0 Å². The van der Waals surface area contributed by atoms with Crippen molar-refractivity contribution in [2.45, 2.75) is 6.42 Å². The second kappa shape index (κ2) is 19.1. The van der Waals surface area contributed by atoms with Crippen LogP contribution in [-0.2, 0) is 16.0 Å². The molecule has 0 radical (unpaired) electrons. The second-order valence-electron chi connectivity index (χ2n) is 18.5. The summed E-state index contributed by atoms with van der Waals surface area (Å²) in [5.41, 5.74) is 21.0. The molecule has 0 atom stereocenters. The standard InChI is InChI=1S/C66H43N7O2/c74-49-25-34-62(75)48(38-49)37-41-17-19-45(20-18-41)65-56-30-26-52(69-56)63(43-11-3-1-4-12-43)54-28-32-58(71-54)66(59-33-29-55(72-59)64(44-13-5-2-6-14-44)53-27-31-57(65)70-53)46-23-21-42(22-24-46)47-39-60(50-15-7-9-35-67-50)73-61(40-47)51-16-8-10-36-68-51/h1-36,38-40,69,72H,37H2. The number of aromatic amines is 2. The van der Waals surface area contributed by atoms with E-state index in [9.17, 15) is 9.59 Å². The van der Waals surface area contributed by atoms with E-state index in [2.05, 4.69) is 166 Å². The van der Waals surface area contributed by atoms with E-state index >= 15 is 0 Å². The molecular weight excluding hydrogens is 923 g/mol. The van der Waals surface area contributed by atoms with Crippen LogP contribution >= 0.6 is 0 Å². The molecular formula is C66H43N7O2. The Morgan fingerprint density at radius 1 is 0.347 bits per heavy atom. The lowest BCUT2D eigenvalue weighted by Gasteiger charge is -2.11. The molecule has 9 nitrogen and oxygen atoms in total. The van der Waals surface area contributed by atoms with Crippen molar-refractivity contribution in [3.63, 3.8) is 0 Å². The lowest BCUT2D eigenvalue weighted by molar-refractivity contribution is -0.114. The molecule has 6 aromatic heterocycles. The van der Waals surface area contributed by atoms with E-state index in [0.29, 0.717) is 12.0 Å². The van der Waals surface area contributed by atoms with Crippen LogP contribution in [0.4, 0.5) is 0 Å². The third-order valence-corrected chi connectivity index (χ3v) is 13.7. The van der Waals surface area contributed by atoms with Crippen molar-refractivity contribution in [2.24, 2.45) is 0 Å². The van der Waals surface area contributed by atoms with Crippen LogP contribution in [0.15, 0.2) is 218 Å². The molecule has 10 aromatic rings. The number of carbonyl (C=O) groups excluding carboxylic acids is 2. The molecule has 8 heterocycles. The second-order valence-corrected chi connectivity index (χ2v) is 18.5. The highest BCUT2D eigenvalue weighted by Gasteiger charge is 2.21. The van der Waals surface area contributed by atoms with Crippen molar-refractivity contribution >= 4 is 57.9 Å². The van der Waals surface area contributed by atoms with E-state index in [1.807, 2.05) is 60.7 Å². The van der Waals surface area contributed by atoms with Crippen molar-refractivity contribution in [1.29, 1.82) is 0 Å². The molecule has 0 fully saturated rings. The summed E-state index contributed by atoms with van der Waals surface area (Å²) in [5.74, 6) is -0.323. The maximum absolute atomic E-state index is 12.7. The van der Waals surface area contributed by atoms with Gasteiger partial charge in [-0.25, -0.2) is 15.0 Å². The van der Waals surface area contributed by atoms with Gasteiger partial charge in [-0.1, -0.05) is 121 Å². The number of ketones is 2. The van der Waals surface area contributed by atoms with E-state index in [1.165, 1.54) is 18.2 Å². The van der Waals surface area contributed by atoms with Crippen molar-refractivity contribution in [1.82, 2.24) is 34.9 Å². The number of fused-ring (bicyclic) bond motifs is 8. The van der Waals surface area contributed by atoms with Gasteiger partial charge in [0.25, 0.3) is 0 Å². The Bertz CT molecular complexity index is 4100. The number of hydrogen-bond donors (Lipinski definition) is 2. The van der Waals surface area contributed by atoms with Gasteiger partial charge >= 0.3 is 0 Å². The minimum absolute atomic E-state index is 0.146. The number of rotatable bonds is 9. The first-order valence-electron chi connectivity index (χ1n) is 24.7. The lowest BCUT2D eigenvalue weighted by Crippen LogP contribution is -2.09. The number of nitrogens with zero attached hydrogens (tertiary/aromatic N) is 5. The van der Waals surface area contributed by atoms with Crippen LogP contribution in [0, 0.1) is 0 Å². The molecule has 0 unspecified atom stereocenters. The van der Waals surface area contributed by atoms with E-state index in [0.717, 1.165) is 129 Å². The number of H-pyrrole nitrogens is 2. The smallest absolute Gasteiger partial charge is 0.182 e. The maximum atomic E-state index is 12.7. The zero-order valence-electron chi connectivity index (χ0n) is 40.3. The highest BCUT2D eigenvalue weighted by molar-refractivity contribution is 6.17. The van der Waals surface area contributed by atoms with Crippen LogP contribution in [0.25, 0.3) is 125 Å². The summed E-state index contributed by atoms with van der Waals surface area (Å²) in [6, 6.07) is 61.9. The predicted octanol–water partition coefficient (Wildman–Crippen LogP) is 14.7. The predicted molar refractivity (Wildman–Crippen MR) is 301 cm³/mol. The zero-order valence-corrected chi connectivity index (χ0v) is 40.3. The Morgan fingerprint density at radius 3 is 1.20 bits per heavy atom. The monoisotopic (exact) mass is 965 g/mol. The van der Waals surface area contributed by atoms with Crippen LogP contribution in [0.5, 0.6) is 0 Å². The van der Waals surface area contributed by atoms with Gasteiger partial charge in [-0.05, 0) is 142 Å². The van der Waals surface area contributed by atoms with Gasteiger partial charge in [0.1, 0.15) is 0 Å². The summed E-state index contributed by atoms with van der Waals surface area (Å²) in [6.45, 7) is 0. The Morgan fingerprint density at radius 2 is 0.760 bits per heavy atom. The molecule has 0 spiro atoms. The first-order valence-corrected chi connectivity index (χ1v) is 24.7. The number of pyridine rings is 3. The third kappa shape index (κ3) is 8.74. The van der Waals surface area contributed by atoms with Crippen LogP contribution in [-0.4, -0.2) is 46.5 Å². The van der Waals surface area contributed by atoms with Gasteiger partial charge in [0.05, 0.1) is 45.6 Å². The van der Waals surface area contributed by atoms with Gasteiger partial charge in [0.15, 0.2) is 11.6 Å². The van der Waals surface area contributed by atoms with Gasteiger partial charge in [0, 0.05) is 68.7 Å². The fraction of sp³-hybridized carbons (Fsp3) is 0.0152. The Labute approximate surface area is 431 Å². The van der Waals surface area contributed by atoms with E-state index in [1.54, 1.807) is 12.4 Å². The lowest BCUT2D eigenvalue weighted by atomic mass is 9.95. The number of benzene rings is 4. The molecule has 13 rings (SSSR count). The molecule has 0 saturated carbocycles. The summed E-state index contributed by atoms with van der Waals surface area (Å²) in [7, 11) is 0. The van der Waals surface area contributed by atoms with Crippen LogP contribution in [0.1, 0.15) is 28.3 Å². The van der Waals surface area contributed by atoms with Gasteiger partial charge < -0.3 is 9.97 Å². The summed E-state index contributed by atoms with van der Waals surface area (Å²) >= 11 is 0. The topological polar surface area (TPSA) is 130 Å². The highest BCUT2D eigenvalue weighted by Crippen LogP contribution is 2.39. The van der Waals surface area contributed by atoms with Crippen LogP contribution in [0.3, 0.4) is 0 Å². The molecule has 2 aliphatic heterocycles. The summed E-state index contributed by atoms with van der Waals surface area (Å²) in [6.07, 6.45) is 16.4. The van der Waals surface area contributed by atoms with Gasteiger partial charge in [-0.2, -0.15) is 0 Å². The van der Waals surface area contributed by atoms with E-state index in [-0.39, 0.29) is 11.6 Å². The normalized spacial score (nSPS) is 12.8. The maximum Gasteiger partial charge on any atom is 0.182 e. The number of hydrogen-bond acceptors (Lipinski definition) is 7. The van der Waals surface area contributed by atoms with E-state index in [4.69, 9.17) is 15.0 Å².